The van der Waals surface area contributed by atoms with Gasteiger partial charge < -0.3 is 10.1 Å². The largest absolute Gasteiger partial charge is 0.467 e. The van der Waals surface area contributed by atoms with Gasteiger partial charge in [-0.3, -0.25) is 0 Å². The number of nitrogens with zero attached hydrogens (tertiary/aromatic N) is 2. The molecule has 0 aliphatic heterocycles. The van der Waals surface area contributed by atoms with E-state index in [1.807, 2.05) is 0 Å². The zero-order valence-corrected chi connectivity index (χ0v) is 8.44. The summed E-state index contributed by atoms with van der Waals surface area (Å²) in [6.45, 7) is 3.51. The summed E-state index contributed by atoms with van der Waals surface area (Å²) in [5.41, 5.74) is 0.702. The Labute approximate surface area is 82.5 Å². The predicted octanol–water partition coefficient (Wildman–Crippen LogP) is 0.758. The van der Waals surface area contributed by atoms with E-state index in [2.05, 4.69) is 20.0 Å². The maximum absolute atomic E-state index is 11.1. The summed E-state index contributed by atoms with van der Waals surface area (Å²) in [5.74, 6) is 0.381. The predicted molar refractivity (Wildman–Crippen MR) is 51.9 cm³/mol. The molecule has 14 heavy (non-hydrogen) atoms. The van der Waals surface area contributed by atoms with Crippen LogP contribution in [-0.4, -0.2) is 29.1 Å². The number of carbonyl (C=O) groups is 1. The summed E-state index contributed by atoms with van der Waals surface area (Å²) >= 11 is 0. The zero-order valence-electron chi connectivity index (χ0n) is 8.44. The Balaban J connectivity index is 2.60. The molecular weight excluding hydrogens is 182 g/mol. The highest BCUT2D eigenvalue weighted by atomic mass is 16.5. The minimum atomic E-state index is -0.397. The molecule has 5 heteroatoms. The molecule has 1 rings (SSSR count). The number of esters is 1. The van der Waals surface area contributed by atoms with Gasteiger partial charge in [-0.2, -0.15) is 0 Å². The molecule has 0 saturated carbocycles. The molecule has 1 heterocycles. The lowest BCUT2D eigenvalue weighted by Crippen LogP contribution is -2.27. The van der Waals surface area contributed by atoms with Gasteiger partial charge in [0.25, 0.3) is 0 Å². The monoisotopic (exact) mass is 195 g/mol. The molecule has 0 saturated heterocycles. The molecule has 1 aromatic heterocycles. The van der Waals surface area contributed by atoms with Gasteiger partial charge in [0.1, 0.15) is 11.9 Å². The lowest BCUT2D eigenvalue weighted by atomic mass is 10.3. The maximum Gasteiger partial charge on any atom is 0.327 e. The molecule has 0 aliphatic rings. The molecule has 76 valence electrons. The van der Waals surface area contributed by atoms with Crippen molar-refractivity contribution in [3.8, 4) is 0 Å². The second kappa shape index (κ2) is 4.55. The van der Waals surface area contributed by atoms with E-state index in [4.69, 9.17) is 0 Å². The summed E-state index contributed by atoms with van der Waals surface area (Å²) < 4.78 is 4.57. The average molecular weight is 195 g/mol. The van der Waals surface area contributed by atoms with Gasteiger partial charge in [-0.15, -0.1) is 0 Å². The van der Waals surface area contributed by atoms with Gasteiger partial charge in [0.05, 0.1) is 25.2 Å². The molecule has 0 aliphatic carbocycles. The normalized spacial score (nSPS) is 11.9. The second-order valence-corrected chi connectivity index (χ2v) is 2.91. The number of nitrogens with one attached hydrogen (secondary N) is 1. The van der Waals surface area contributed by atoms with Crippen molar-refractivity contribution < 1.29 is 9.53 Å². The van der Waals surface area contributed by atoms with Crippen LogP contribution in [0.25, 0.3) is 0 Å². The van der Waals surface area contributed by atoms with Crippen molar-refractivity contribution in [3.05, 3.63) is 18.2 Å². The lowest BCUT2D eigenvalue weighted by molar-refractivity contribution is -0.141. The molecule has 1 N–H and O–H groups in total. The SMILES string of the molecule is COC(=O)C(C)Nc1cnc(C)nc1. The van der Waals surface area contributed by atoms with E-state index >= 15 is 0 Å². The topological polar surface area (TPSA) is 64.1 Å². The highest BCUT2D eigenvalue weighted by molar-refractivity contribution is 5.78. The Kier molecular flexibility index (Phi) is 3.39. The summed E-state index contributed by atoms with van der Waals surface area (Å²) in [7, 11) is 1.35. The Morgan fingerprint density at radius 1 is 1.50 bits per heavy atom. The number of aromatic nitrogens is 2. The van der Waals surface area contributed by atoms with Crippen LogP contribution < -0.4 is 5.32 Å². The molecule has 0 amide bonds. The molecule has 5 nitrogen and oxygen atoms in total. The molecule has 0 bridgehead atoms. The Bertz CT molecular complexity index is 310. The molecule has 1 atom stereocenters. The summed E-state index contributed by atoms with van der Waals surface area (Å²) in [5, 5.41) is 2.92. The third-order valence-corrected chi connectivity index (χ3v) is 1.72. The number of ether oxygens (including phenoxy) is 1. The van der Waals surface area contributed by atoms with Gasteiger partial charge in [-0.05, 0) is 13.8 Å². The highest BCUT2D eigenvalue weighted by Crippen LogP contribution is 2.05. The zero-order chi connectivity index (χ0) is 10.6. The van der Waals surface area contributed by atoms with Crippen LogP contribution in [0.1, 0.15) is 12.7 Å². The van der Waals surface area contributed by atoms with Crippen LogP contribution >= 0.6 is 0 Å². The summed E-state index contributed by atoms with van der Waals surface area (Å²) in [4.78, 5) is 19.0. The number of rotatable bonds is 3. The van der Waals surface area contributed by atoms with Crippen molar-refractivity contribution in [2.24, 2.45) is 0 Å². The van der Waals surface area contributed by atoms with Gasteiger partial charge in [0.15, 0.2) is 0 Å². The molecule has 1 unspecified atom stereocenters. The number of methoxy groups -OCH3 is 1. The van der Waals surface area contributed by atoms with E-state index in [1.165, 1.54) is 7.11 Å². The average Bonchev–Trinajstić information content (AvgIpc) is 2.20. The first kappa shape index (κ1) is 10.4. The van der Waals surface area contributed by atoms with E-state index in [9.17, 15) is 4.79 Å². The van der Waals surface area contributed by atoms with Crippen LogP contribution in [0.4, 0.5) is 5.69 Å². The first-order valence-corrected chi connectivity index (χ1v) is 4.26. The number of hydrogen-bond acceptors (Lipinski definition) is 5. The minimum Gasteiger partial charge on any atom is -0.467 e. The van der Waals surface area contributed by atoms with E-state index in [-0.39, 0.29) is 5.97 Å². The van der Waals surface area contributed by atoms with Gasteiger partial charge in [0, 0.05) is 0 Å². The van der Waals surface area contributed by atoms with Crippen LogP contribution in [0.5, 0.6) is 0 Å². The number of carbonyl (C=O) groups excluding carboxylic acids is 1. The fraction of sp³-hybridized carbons (Fsp3) is 0.444. The van der Waals surface area contributed by atoms with E-state index in [1.54, 1.807) is 26.2 Å². The molecule has 0 aromatic carbocycles. The standard InChI is InChI=1S/C9H13N3O2/c1-6(9(13)14-3)12-8-4-10-7(2)11-5-8/h4-6,12H,1-3H3. The Morgan fingerprint density at radius 3 is 2.57 bits per heavy atom. The number of anilines is 1. The minimum absolute atomic E-state index is 0.314. The summed E-state index contributed by atoms with van der Waals surface area (Å²) in [6, 6.07) is -0.397. The molecule has 0 spiro atoms. The van der Waals surface area contributed by atoms with Gasteiger partial charge >= 0.3 is 5.97 Å². The van der Waals surface area contributed by atoms with E-state index in [0.717, 1.165) is 0 Å². The van der Waals surface area contributed by atoms with Crippen molar-refractivity contribution >= 4 is 11.7 Å². The molecule has 1 aromatic rings. The Morgan fingerprint density at radius 2 is 2.07 bits per heavy atom. The van der Waals surface area contributed by atoms with Crippen molar-refractivity contribution in [2.75, 3.05) is 12.4 Å². The highest BCUT2D eigenvalue weighted by Gasteiger charge is 2.12. The van der Waals surface area contributed by atoms with Gasteiger partial charge in [-0.25, -0.2) is 14.8 Å². The van der Waals surface area contributed by atoms with E-state index in [0.29, 0.717) is 11.5 Å². The lowest BCUT2D eigenvalue weighted by Gasteiger charge is -2.11. The molecule has 0 radical (unpaired) electrons. The molecule has 0 fully saturated rings. The quantitative estimate of drug-likeness (QED) is 0.721. The fourth-order valence-corrected chi connectivity index (χ4v) is 0.953. The van der Waals surface area contributed by atoms with Crippen molar-refractivity contribution in [1.29, 1.82) is 0 Å². The van der Waals surface area contributed by atoms with Crippen LogP contribution in [-0.2, 0) is 9.53 Å². The Hall–Kier alpha value is -1.65. The molecular formula is C9H13N3O2. The van der Waals surface area contributed by atoms with Crippen LogP contribution in [0, 0.1) is 6.92 Å². The third kappa shape index (κ3) is 2.69. The fourth-order valence-electron chi connectivity index (χ4n) is 0.953. The van der Waals surface area contributed by atoms with E-state index < -0.39 is 6.04 Å². The first-order chi connectivity index (χ1) is 6.63. The third-order valence-electron chi connectivity index (χ3n) is 1.72. The van der Waals surface area contributed by atoms with Crippen LogP contribution in [0.2, 0.25) is 0 Å². The van der Waals surface area contributed by atoms with Crippen LogP contribution in [0.3, 0.4) is 0 Å². The maximum atomic E-state index is 11.1. The van der Waals surface area contributed by atoms with Crippen LogP contribution in [0.15, 0.2) is 12.4 Å². The number of aryl methyl sites for hydroxylation is 1. The van der Waals surface area contributed by atoms with Crippen molar-refractivity contribution in [1.82, 2.24) is 9.97 Å². The smallest absolute Gasteiger partial charge is 0.327 e. The first-order valence-electron chi connectivity index (χ1n) is 4.26. The number of hydrogen-bond donors (Lipinski definition) is 1. The van der Waals surface area contributed by atoms with Crippen molar-refractivity contribution in [2.45, 2.75) is 19.9 Å². The van der Waals surface area contributed by atoms with Gasteiger partial charge in [-0.1, -0.05) is 0 Å². The summed E-state index contributed by atoms with van der Waals surface area (Å²) in [6.07, 6.45) is 3.25. The van der Waals surface area contributed by atoms with Gasteiger partial charge in [0.2, 0.25) is 0 Å². The second-order valence-electron chi connectivity index (χ2n) is 2.91. The van der Waals surface area contributed by atoms with Crippen molar-refractivity contribution in [3.63, 3.8) is 0 Å².